The standard InChI is InChI=1S/C16H18N2O4S/c1-4-13-7-5-6-12(3)16(13)17-23(21,22)15-10-14(18(19)20)9-8-11(15)2/h5-10,17H,4H2,1-3H3. The van der Waals surface area contributed by atoms with E-state index in [-0.39, 0.29) is 10.6 Å². The quantitative estimate of drug-likeness (QED) is 0.668. The van der Waals surface area contributed by atoms with Gasteiger partial charge in [-0.3, -0.25) is 14.8 Å². The molecule has 0 aliphatic rings. The molecule has 122 valence electrons. The normalized spacial score (nSPS) is 11.3. The molecule has 7 heteroatoms. The van der Waals surface area contributed by atoms with Crippen LogP contribution in [0.5, 0.6) is 0 Å². The summed E-state index contributed by atoms with van der Waals surface area (Å²) in [5, 5.41) is 10.9. The van der Waals surface area contributed by atoms with E-state index in [2.05, 4.69) is 4.72 Å². The molecule has 23 heavy (non-hydrogen) atoms. The molecule has 0 spiro atoms. The Kier molecular flexibility index (Phi) is 4.70. The maximum atomic E-state index is 12.7. The van der Waals surface area contributed by atoms with E-state index in [0.717, 1.165) is 17.2 Å². The number of nitro groups is 1. The number of sulfonamides is 1. The van der Waals surface area contributed by atoms with E-state index in [9.17, 15) is 18.5 Å². The molecule has 0 heterocycles. The second-order valence-corrected chi connectivity index (χ2v) is 6.93. The summed E-state index contributed by atoms with van der Waals surface area (Å²) in [4.78, 5) is 10.2. The molecule has 0 amide bonds. The van der Waals surface area contributed by atoms with Crippen molar-refractivity contribution in [2.24, 2.45) is 0 Å². The van der Waals surface area contributed by atoms with Crippen molar-refractivity contribution in [2.45, 2.75) is 32.1 Å². The molecule has 6 nitrogen and oxygen atoms in total. The third-order valence-electron chi connectivity index (χ3n) is 3.65. The molecule has 2 aromatic rings. The fourth-order valence-corrected chi connectivity index (χ4v) is 3.79. The molecule has 0 saturated carbocycles. The van der Waals surface area contributed by atoms with Gasteiger partial charge in [-0.15, -0.1) is 0 Å². The summed E-state index contributed by atoms with van der Waals surface area (Å²) in [6, 6.07) is 9.35. The Hall–Kier alpha value is -2.41. The van der Waals surface area contributed by atoms with E-state index >= 15 is 0 Å². The first-order valence-electron chi connectivity index (χ1n) is 7.12. The summed E-state index contributed by atoms with van der Waals surface area (Å²) < 4.78 is 27.9. The molecule has 1 N–H and O–H groups in total. The summed E-state index contributed by atoms with van der Waals surface area (Å²) in [6.07, 6.45) is 0.674. The van der Waals surface area contributed by atoms with E-state index in [1.807, 2.05) is 32.0 Å². The fourth-order valence-electron chi connectivity index (χ4n) is 2.35. The van der Waals surface area contributed by atoms with Crippen molar-refractivity contribution in [3.8, 4) is 0 Å². The molecule has 0 fully saturated rings. The van der Waals surface area contributed by atoms with E-state index in [1.54, 1.807) is 6.92 Å². The van der Waals surface area contributed by atoms with Gasteiger partial charge in [0.05, 0.1) is 15.5 Å². The van der Waals surface area contributed by atoms with Gasteiger partial charge in [-0.25, -0.2) is 8.42 Å². The van der Waals surface area contributed by atoms with Crippen molar-refractivity contribution in [1.82, 2.24) is 0 Å². The second kappa shape index (κ2) is 6.37. The van der Waals surface area contributed by atoms with Crippen molar-refractivity contribution in [1.29, 1.82) is 0 Å². The van der Waals surface area contributed by atoms with Crippen molar-refractivity contribution < 1.29 is 13.3 Å². The summed E-state index contributed by atoms with van der Waals surface area (Å²) in [6.45, 7) is 5.36. The third-order valence-corrected chi connectivity index (χ3v) is 5.14. The summed E-state index contributed by atoms with van der Waals surface area (Å²) in [7, 11) is -3.91. The number of nitrogens with zero attached hydrogens (tertiary/aromatic N) is 1. The number of non-ortho nitro benzene ring substituents is 1. The Morgan fingerprint density at radius 3 is 2.43 bits per heavy atom. The van der Waals surface area contributed by atoms with Crippen LogP contribution in [-0.2, 0) is 16.4 Å². The van der Waals surface area contributed by atoms with Gasteiger partial charge in [0.1, 0.15) is 0 Å². The second-order valence-electron chi connectivity index (χ2n) is 5.27. The van der Waals surface area contributed by atoms with Crippen LogP contribution >= 0.6 is 0 Å². The first kappa shape index (κ1) is 17.0. The molecule has 2 rings (SSSR count). The van der Waals surface area contributed by atoms with E-state index in [0.29, 0.717) is 17.7 Å². The van der Waals surface area contributed by atoms with Crippen LogP contribution in [0.25, 0.3) is 0 Å². The molecule has 0 bridgehead atoms. The fraction of sp³-hybridized carbons (Fsp3) is 0.250. The van der Waals surface area contributed by atoms with Gasteiger partial charge in [0, 0.05) is 12.1 Å². The Morgan fingerprint density at radius 1 is 1.13 bits per heavy atom. The predicted octanol–water partition coefficient (Wildman–Crippen LogP) is 3.57. The van der Waals surface area contributed by atoms with Gasteiger partial charge >= 0.3 is 0 Å². The van der Waals surface area contributed by atoms with Crippen LogP contribution in [-0.4, -0.2) is 13.3 Å². The molecule has 0 aliphatic heterocycles. The monoisotopic (exact) mass is 334 g/mol. The number of nitro benzene ring substituents is 1. The van der Waals surface area contributed by atoms with Crippen molar-refractivity contribution in [2.75, 3.05) is 4.72 Å². The molecular formula is C16H18N2O4S. The van der Waals surface area contributed by atoms with Crippen molar-refractivity contribution in [3.05, 3.63) is 63.2 Å². The lowest BCUT2D eigenvalue weighted by Crippen LogP contribution is -2.16. The van der Waals surface area contributed by atoms with Crippen LogP contribution in [0.15, 0.2) is 41.3 Å². The van der Waals surface area contributed by atoms with Crippen LogP contribution in [0.2, 0.25) is 0 Å². The zero-order valence-corrected chi connectivity index (χ0v) is 14.0. The minimum Gasteiger partial charge on any atom is -0.279 e. The largest absolute Gasteiger partial charge is 0.279 e. The Bertz CT molecular complexity index is 860. The van der Waals surface area contributed by atoms with Crippen LogP contribution < -0.4 is 4.72 Å². The summed E-state index contributed by atoms with van der Waals surface area (Å²) >= 11 is 0. The summed E-state index contributed by atoms with van der Waals surface area (Å²) in [5.41, 5.74) is 2.40. The smallest absolute Gasteiger partial charge is 0.270 e. The van der Waals surface area contributed by atoms with Crippen LogP contribution in [0.1, 0.15) is 23.6 Å². The molecule has 0 unspecified atom stereocenters. The van der Waals surface area contributed by atoms with Gasteiger partial charge in [-0.05, 0) is 37.0 Å². The maximum absolute atomic E-state index is 12.7. The average molecular weight is 334 g/mol. The molecule has 0 aliphatic carbocycles. The number of hydrogen-bond acceptors (Lipinski definition) is 4. The number of aryl methyl sites for hydroxylation is 3. The molecule has 0 saturated heterocycles. The SMILES string of the molecule is CCc1cccc(C)c1NS(=O)(=O)c1cc([N+](=O)[O-])ccc1C. The number of para-hydroxylation sites is 1. The van der Waals surface area contributed by atoms with Gasteiger partial charge in [-0.2, -0.15) is 0 Å². The highest BCUT2D eigenvalue weighted by atomic mass is 32.2. The Morgan fingerprint density at radius 2 is 1.83 bits per heavy atom. The number of nitrogens with one attached hydrogen (secondary N) is 1. The topological polar surface area (TPSA) is 89.3 Å². The highest BCUT2D eigenvalue weighted by Crippen LogP contribution is 2.27. The van der Waals surface area contributed by atoms with Crippen molar-refractivity contribution >= 4 is 21.4 Å². The highest BCUT2D eigenvalue weighted by molar-refractivity contribution is 7.92. The maximum Gasteiger partial charge on any atom is 0.270 e. The van der Waals surface area contributed by atoms with Gasteiger partial charge < -0.3 is 0 Å². The van der Waals surface area contributed by atoms with E-state index in [4.69, 9.17) is 0 Å². The first-order valence-corrected chi connectivity index (χ1v) is 8.61. The van der Waals surface area contributed by atoms with Crippen molar-refractivity contribution in [3.63, 3.8) is 0 Å². The van der Waals surface area contributed by atoms with Gasteiger partial charge in [0.2, 0.25) is 0 Å². The molecule has 0 radical (unpaired) electrons. The zero-order chi connectivity index (χ0) is 17.2. The third kappa shape index (κ3) is 3.50. The number of rotatable bonds is 5. The van der Waals surface area contributed by atoms with Crippen LogP contribution in [0.3, 0.4) is 0 Å². The van der Waals surface area contributed by atoms with E-state index < -0.39 is 14.9 Å². The van der Waals surface area contributed by atoms with Gasteiger partial charge in [0.25, 0.3) is 15.7 Å². The van der Waals surface area contributed by atoms with Gasteiger partial charge in [-0.1, -0.05) is 31.2 Å². The minimum atomic E-state index is -3.91. The number of benzene rings is 2. The summed E-state index contributed by atoms with van der Waals surface area (Å²) in [5.74, 6) is 0. The molecule has 2 aromatic carbocycles. The Balaban J connectivity index is 2.52. The molecule has 0 aromatic heterocycles. The minimum absolute atomic E-state index is 0.0861. The highest BCUT2D eigenvalue weighted by Gasteiger charge is 2.22. The molecule has 0 atom stereocenters. The average Bonchev–Trinajstić information content (AvgIpc) is 2.49. The lowest BCUT2D eigenvalue weighted by molar-refractivity contribution is -0.385. The Labute approximate surface area is 135 Å². The lowest BCUT2D eigenvalue weighted by Gasteiger charge is -2.15. The molecular weight excluding hydrogens is 316 g/mol. The number of hydrogen-bond donors (Lipinski definition) is 1. The van der Waals surface area contributed by atoms with E-state index in [1.165, 1.54) is 12.1 Å². The van der Waals surface area contributed by atoms with Gasteiger partial charge in [0.15, 0.2) is 0 Å². The predicted molar refractivity (Wildman–Crippen MR) is 89.2 cm³/mol. The zero-order valence-electron chi connectivity index (χ0n) is 13.2. The first-order chi connectivity index (χ1) is 10.8. The number of anilines is 1. The van der Waals surface area contributed by atoms with Crippen LogP contribution in [0, 0.1) is 24.0 Å². The lowest BCUT2D eigenvalue weighted by atomic mass is 10.1. The van der Waals surface area contributed by atoms with Crippen LogP contribution in [0.4, 0.5) is 11.4 Å².